The molecule has 0 saturated carbocycles. The van der Waals surface area contributed by atoms with Crippen LogP contribution < -0.4 is 5.32 Å². The number of non-ortho nitro benzene ring substituents is 1. The number of carbonyl (C=O) groups is 1. The smallest absolute Gasteiger partial charge is 0.269 e. The van der Waals surface area contributed by atoms with Crippen molar-refractivity contribution in [2.24, 2.45) is 0 Å². The van der Waals surface area contributed by atoms with Crippen molar-refractivity contribution in [1.29, 1.82) is 0 Å². The van der Waals surface area contributed by atoms with Crippen molar-refractivity contribution in [3.63, 3.8) is 0 Å². The number of hydrogen-bond acceptors (Lipinski definition) is 4. The highest BCUT2D eigenvalue weighted by Gasteiger charge is 2.10. The van der Waals surface area contributed by atoms with Crippen molar-refractivity contribution in [2.45, 2.75) is 6.54 Å². The molecule has 0 bridgehead atoms. The van der Waals surface area contributed by atoms with Crippen LogP contribution in [0.5, 0.6) is 0 Å². The number of rotatable bonds is 4. The molecule has 2 heterocycles. The normalized spacial score (nSPS) is 10.7. The van der Waals surface area contributed by atoms with E-state index in [0.717, 1.165) is 0 Å². The van der Waals surface area contributed by atoms with Crippen LogP contribution in [0.25, 0.3) is 5.65 Å². The van der Waals surface area contributed by atoms with Gasteiger partial charge in [-0.05, 0) is 24.3 Å². The molecule has 3 rings (SSSR count). The second-order valence-corrected chi connectivity index (χ2v) is 4.83. The molecule has 0 radical (unpaired) electrons. The van der Waals surface area contributed by atoms with Crippen molar-refractivity contribution < 1.29 is 14.1 Å². The lowest BCUT2D eigenvalue weighted by molar-refractivity contribution is -0.384. The predicted octanol–water partition coefficient (Wildman–Crippen LogP) is 2.31. The Labute approximate surface area is 129 Å². The molecule has 0 unspecified atom stereocenters. The zero-order chi connectivity index (χ0) is 16.4. The van der Waals surface area contributed by atoms with Gasteiger partial charge in [-0.25, -0.2) is 9.37 Å². The first kappa shape index (κ1) is 14.6. The Bertz CT molecular complexity index is 889. The molecule has 7 nitrogen and oxygen atoms in total. The van der Waals surface area contributed by atoms with Crippen LogP contribution in [0, 0.1) is 15.9 Å². The second-order valence-electron chi connectivity index (χ2n) is 4.83. The Morgan fingerprint density at radius 1 is 1.22 bits per heavy atom. The minimum atomic E-state index is -0.530. The predicted molar refractivity (Wildman–Crippen MR) is 79.4 cm³/mol. The van der Waals surface area contributed by atoms with E-state index in [2.05, 4.69) is 10.3 Å². The lowest BCUT2D eigenvalue weighted by atomic mass is 10.2. The van der Waals surface area contributed by atoms with E-state index in [9.17, 15) is 19.3 Å². The Morgan fingerprint density at radius 3 is 2.65 bits per heavy atom. The Hall–Kier alpha value is -3.29. The topological polar surface area (TPSA) is 89.5 Å². The van der Waals surface area contributed by atoms with Gasteiger partial charge in [0.1, 0.15) is 11.5 Å². The third-order valence-electron chi connectivity index (χ3n) is 3.24. The Balaban J connectivity index is 1.68. The third kappa shape index (κ3) is 3.15. The number of fused-ring (bicyclic) bond motifs is 1. The molecule has 0 fully saturated rings. The molecule has 23 heavy (non-hydrogen) atoms. The summed E-state index contributed by atoms with van der Waals surface area (Å²) >= 11 is 0. The van der Waals surface area contributed by atoms with E-state index in [1.165, 1.54) is 47.0 Å². The molecule has 0 saturated heterocycles. The van der Waals surface area contributed by atoms with Gasteiger partial charge in [0.25, 0.3) is 11.6 Å². The van der Waals surface area contributed by atoms with E-state index < -0.39 is 4.92 Å². The van der Waals surface area contributed by atoms with Crippen LogP contribution in [0.1, 0.15) is 16.1 Å². The van der Waals surface area contributed by atoms with E-state index in [4.69, 9.17) is 0 Å². The van der Waals surface area contributed by atoms with E-state index >= 15 is 0 Å². The Kier molecular flexibility index (Phi) is 3.71. The fourth-order valence-electron chi connectivity index (χ4n) is 2.11. The highest BCUT2D eigenvalue weighted by atomic mass is 19.1. The van der Waals surface area contributed by atoms with Crippen molar-refractivity contribution in [1.82, 2.24) is 14.7 Å². The molecule has 3 aromatic rings. The highest BCUT2D eigenvalue weighted by Crippen LogP contribution is 2.12. The zero-order valence-electron chi connectivity index (χ0n) is 11.8. The maximum absolute atomic E-state index is 13.1. The van der Waals surface area contributed by atoms with E-state index in [1.807, 2.05) is 0 Å². The number of carbonyl (C=O) groups excluding carboxylic acids is 1. The van der Waals surface area contributed by atoms with Crippen molar-refractivity contribution >= 4 is 17.2 Å². The number of nitrogens with one attached hydrogen (secondary N) is 1. The number of nitro groups is 1. The van der Waals surface area contributed by atoms with E-state index in [-0.39, 0.29) is 24.0 Å². The molecule has 1 aromatic carbocycles. The van der Waals surface area contributed by atoms with E-state index in [1.54, 1.807) is 6.20 Å². The van der Waals surface area contributed by atoms with Gasteiger partial charge in [0, 0.05) is 30.1 Å². The number of nitrogens with zero attached hydrogens (tertiary/aromatic N) is 3. The lowest BCUT2D eigenvalue weighted by Crippen LogP contribution is -2.22. The fourth-order valence-corrected chi connectivity index (χ4v) is 2.11. The second kappa shape index (κ2) is 5.84. The maximum atomic E-state index is 13.1. The standard InChI is InChI=1S/C15H11FN4O3/c16-11-3-6-14-18-12(9-19(14)8-11)7-17-15(21)10-1-4-13(5-2-10)20(22)23/h1-6,8-9H,7H2,(H,17,21). The molecule has 1 N–H and O–H groups in total. The monoisotopic (exact) mass is 314 g/mol. The molecule has 0 aliphatic rings. The molecule has 8 heteroatoms. The largest absolute Gasteiger partial charge is 0.346 e. The van der Waals surface area contributed by atoms with Gasteiger partial charge < -0.3 is 9.72 Å². The van der Waals surface area contributed by atoms with Crippen LogP contribution in [-0.2, 0) is 6.54 Å². The van der Waals surface area contributed by atoms with Gasteiger partial charge in [-0.2, -0.15) is 0 Å². The number of halogens is 1. The van der Waals surface area contributed by atoms with Crippen LogP contribution in [0.3, 0.4) is 0 Å². The summed E-state index contributed by atoms with van der Waals surface area (Å²) in [5, 5.41) is 13.2. The number of imidazole rings is 1. The summed E-state index contributed by atoms with van der Waals surface area (Å²) in [5.74, 6) is -0.750. The summed E-state index contributed by atoms with van der Waals surface area (Å²) in [4.78, 5) is 26.3. The van der Waals surface area contributed by atoms with Crippen LogP contribution in [0.2, 0.25) is 0 Å². The Morgan fingerprint density at radius 2 is 1.96 bits per heavy atom. The number of hydrogen-bond donors (Lipinski definition) is 1. The minimum Gasteiger partial charge on any atom is -0.346 e. The van der Waals surface area contributed by atoms with Gasteiger partial charge in [-0.1, -0.05) is 0 Å². The molecule has 0 aliphatic carbocycles. The molecular weight excluding hydrogens is 303 g/mol. The summed E-state index contributed by atoms with van der Waals surface area (Å²) in [6.45, 7) is 0.166. The number of aromatic nitrogens is 2. The first-order chi connectivity index (χ1) is 11.0. The van der Waals surface area contributed by atoms with Gasteiger partial charge in [0.2, 0.25) is 0 Å². The molecule has 0 spiro atoms. The molecular formula is C15H11FN4O3. The van der Waals surface area contributed by atoms with Gasteiger partial charge >= 0.3 is 0 Å². The average Bonchev–Trinajstić information content (AvgIpc) is 2.94. The van der Waals surface area contributed by atoms with Crippen LogP contribution >= 0.6 is 0 Å². The molecule has 0 atom stereocenters. The molecule has 0 aliphatic heterocycles. The van der Waals surface area contributed by atoms with E-state index in [0.29, 0.717) is 16.9 Å². The number of nitro benzene ring substituents is 1. The van der Waals surface area contributed by atoms with Crippen molar-refractivity contribution in [3.05, 3.63) is 76.0 Å². The lowest BCUT2D eigenvalue weighted by Gasteiger charge is -2.02. The number of benzene rings is 1. The average molecular weight is 314 g/mol. The van der Waals surface area contributed by atoms with Gasteiger partial charge in [0.15, 0.2) is 0 Å². The van der Waals surface area contributed by atoms with Crippen molar-refractivity contribution in [3.8, 4) is 0 Å². The van der Waals surface area contributed by atoms with Gasteiger partial charge in [0.05, 0.1) is 17.2 Å². The summed E-state index contributed by atoms with van der Waals surface area (Å²) in [7, 11) is 0. The summed E-state index contributed by atoms with van der Waals surface area (Å²) in [6, 6.07) is 8.14. The first-order valence-corrected chi connectivity index (χ1v) is 6.69. The SMILES string of the molecule is O=C(NCc1cn2cc(F)ccc2n1)c1ccc([N+](=O)[O-])cc1. The number of amides is 1. The molecule has 1 amide bonds. The quantitative estimate of drug-likeness (QED) is 0.591. The highest BCUT2D eigenvalue weighted by molar-refractivity contribution is 5.94. The maximum Gasteiger partial charge on any atom is 0.269 e. The fraction of sp³-hybridized carbons (Fsp3) is 0.0667. The van der Waals surface area contributed by atoms with Crippen LogP contribution in [0.4, 0.5) is 10.1 Å². The third-order valence-corrected chi connectivity index (χ3v) is 3.24. The molecule has 2 aromatic heterocycles. The number of pyridine rings is 1. The minimum absolute atomic E-state index is 0.0797. The summed E-state index contributed by atoms with van der Waals surface area (Å²) in [5.41, 5.74) is 1.38. The van der Waals surface area contributed by atoms with Crippen LogP contribution in [0.15, 0.2) is 48.8 Å². The van der Waals surface area contributed by atoms with Gasteiger partial charge in [-0.3, -0.25) is 14.9 Å². The summed E-state index contributed by atoms with van der Waals surface area (Å²) in [6.07, 6.45) is 2.92. The van der Waals surface area contributed by atoms with Crippen LogP contribution in [-0.4, -0.2) is 20.2 Å². The first-order valence-electron chi connectivity index (χ1n) is 6.69. The molecule has 116 valence electrons. The summed E-state index contributed by atoms with van der Waals surface area (Å²) < 4.78 is 14.6. The zero-order valence-corrected chi connectivity index (χ0v) is 11.8. The van der Waals surface area contributed by atoms with Crippen molar-refractivity contribution in [2.75, 3.05) is 0 Å². The van der Waals surface area contributed by atoms with Gasteiger partial charge in [-0.15, -0.1) is 0 Å².